The Morgan fingerprint density at radius 3 is 2.53 bits per heavy atom. The zero-order valence-corrected chi connectivity index (χ0v) is 7.25. The molecule has 0 atom stereocenters. The van der Waals surface area contributed by atoms with Gasteiger partial charge in [-0.15, -0.1) is 0 Å². The van der Waals surface area contributed by atoms with Crippen molar-refractivity contribution in [3.05, 3.63) is 23.3 Å². The van der Waals surface area contributed by atoms with Gasteiger partial charge in [0.25, 0.3) is 0 Å². The summed E-state index contributed by atoms with van der Waals surface area (Å²) in [6.07, 6.45) is -4.24. The standard InChI is InChI=1S/C7H6F3N3O2/c8-7(9,10)5-3(6(14)15)2-12-4(1-11)13-5/h2H,1,11H2,(H,14,15). The summed E-state index contributed by atoms with van der Waals surface area (Å²) in [5, 5.41) is 8.48. The molecule has 8 heteroatoms. The number of aromatic carboxylic acids is 1. The largest absolute Gasteiger partial charge is 0.478 e. The average Bonchev–Trinajstić information content (AvgIpc) is 2.15. The molecular formula is C7H6F3N3O2. The minimum atomic E-state index is -4.83. The summed E-state index contributed by atoms with van der Waals surface area (Å²) in [5.41, 5.74) is 2.58. The second-order valence-electron chi connectivity index (χ2n) is 2.56. The van der Waals surface area contributed by atoms with Gasteiger partial charge in [-0.25, -0.2) is 14.8 Å². The first kappa shape index (κ1) is 11.4. The fraction of sp³-hybridized carbons (Fsp3) is 0.286. The second-order valence-corrected chi connectivity index (χ2v) is 2.56. The molecule has 0 amide bonds. The van der Waals surface area contributed by atoms with Crippen molar-refractivity contribution < 1.29 is 23.1 Å². The fourth-order valence-corrected chi connectivity index (χ4v) is 0.889. The summed E-state index contributed by atoms with van der Waals surface area (Å²) in [6.45, 7) is -0.289. The van der Waals surface area contributed by atoms with Crippen LogP contribution in [-0.4, -0.2) is 21.0 Å². The van der Waals surface area contributed by atoms with E-state index in [4.69, 9.17) is 10.8 Å². The number of carboxylic acids is 1. The third-order valence-electron chi connectivity index (χ3n) is 1.52. The lowest BCUT2D eigenvalue weighted by Crippen LogP contribution is -2.18. The second kappa shape index (κ2) is 3.81. The number of nitrogens with zero attached hydrogens (tertiary/aromatic N) is 2. The molecule has 3 N–H and O–H groups in total. The molecule has 1 aromatic heterocycles. The Morgan fingerprint density at radius 1 is 1.53 bits per heavy atom. The highest BCUT2D eigenvalue weighted by Crippen LogP contribution is 2.30. The van der Waals surface area contributed by atoms with Gasteiger partial charge in [0.1, 0.15) is 11.4 Å². The minimum Gasteiger partial charge on any atom is -0.478 e. The maximum atomic E-state index is 12.3. The van der Waals surface area contributed by atoms with Crippen LogP contribution >= 0.6 is 0 Å². The van der Waals surface area contributed by atoms with E-state index < -0.39 is 23.4 Å². The molecular weight excluding hydrogens is 215 g/mol. The van der Waals surface area contributed by atoms with Crippen molar-refractivity contribution in [3.8, 4) is 0 Å². The lowest BCUT2D eigenvalue weighted by molar-refractivity contribution is -0.141. The Balaban J connectivity index is 3.36. The predicted octanol–water partition coefficient (Wildman–Crippen LogP) is 0.652. The molecule has 0 spiro atoms. The quantitative estimate of drug-likeness (QED) is 0.765. The van der Waals surface area contributed by atoms with Crippen LogP contribution in [0.3, 0.4) is 0 Å². The summed E-state index contributed by atoms with van der Waals surface area (Å²) in [6, 6.07) is 0. The summed E-state index contributed by atoms with van der Waals surface area (Å²) < 4.78 is 37.0. The van der Waals surface area contributed by atoms with Gasteiger partial charge in [0.05, 0.1) is 6.54 Å². The smallest absolute Gasteiger partial charge is 0.434 e. The molecule has 0 aliphatic carbocycles. The van der Waals surface area contributed by atoms with Crippen molar-refractivity contribution in [1.82, 2.24) is 9.97 Å². The third kappa shape index (κ3) is 2.40. The van der Waals surface area contributed by atoms with Crippen LogP contribution in [0.4, 0.5) is 13.2 Å². The number of hydrogen-bond donors (Lipinski definition) is 2. The molecule has 0 fully saturated rings. The Bertz CT molecular complexity index is 392. The van der Waals surface area contributed by atoms with Gasteiger partial charge in [0, 0.05) is 6.20 Å². The van der Waals surface area contributed by atoms with Crippen molar-refractivity contribution in [2.75, 3.05) is 0 Å². The monoisotopic (exact) mass is 221 g/mol. The van der Waals surface area contributed by atoms with Crippen molar-refractivity contribution in [2.45, 2.75) is 12.7 Å². The molecule has 0 saturated heterocycles. The van der Waals surface area contributed by atoms with Gasteiger partial charge >= 0.3 is 12.1 Å². The molecule has 0 bridgehead atoms. The predicted molar refractivity (Wildman–Crippen MR) is 41.9 cm³/mol. The molecule has 0 unspecified atom stereocenters. The van der Waals surface area contributed by atoms with E-state index in [0.717, 1.165) is 0 Å². The molecule has 0 saturated carbocycles. The molecule has 0 aliphatic heterocycles. The van der Waals surface area contributed by atoms with Gasteiger partial charge in [-0.1, -0.05) is 0 Å². The Labute approximate surface area is 81.8 Å². The molecule has 0 aromatic carbocycles. The van der Waals surface area contributed by atoms with E-state index >= 15 is 0 Å². The lowest BCUT2D eigenvalue weighted by atomic mass is 10.2. The van der Waals surface area contributed by atoms with Gasteiger partial charge in [0.2, 0.25) is 0 Å². The molecule has 0 aliphatic rings. The lowest BCUT2D eigenvalue weighted by Gasteiger charge is -2.09. The Kier molecular flexibility index (Phi) is 2.89. The number of carbonyl (C=O) groups is 1. The number of alkyl halides is 3. The molecule has 0 radical (unpaired) electrons. The number of rotatable bonds is 2. The number of aromatic nitrogens is 2. The van der Waals surface area contributed by atoms with Crippen LogP contribution in [0.25, 0.3) is 0 Å². The van der Waals surface area contributed by atoms with Gasteiger partial charge in [-0.05, 0) is 0 Å². The summed E-state index contributed by atoms with van der Waals surface area (Å²) in [7, 11) is 0. The first-order valence-electron chi connectivity index (χ1n) is 3.72. The van der Waals surface area contributed by atoms with E-state index in [-0.39, 0.29) is 12.4 Å². The van der Waals surface area contributed by atoms with Crippen LogP contribution in [-0.2, 0) is 12.7 Å². The van der Waals surface area contributed by atoms with Gasteiger partial charge in [-0.2, -0.15) is 13.2 Å². The third-order valence-corrected chi connectivity index (χ3v) is 1.52. The van der Waals surface area contributed by atoms with Crippen LogP contribution in [0.15, 0.2) is 6.20 Å². The van der Waals surface area contributed by atoms with E-state index in [2.05, 4.69) is 9.97 Å². The molecule has 1 rings (SSSR count). The number of hydrogen-bond acceptors (Lipinski definition) is 4. The SMILES string of the molecule is NCc1ncc(C(=O)O)c(C(F)(F)F)n1. The molecule has 5 nitrogen and oxygen atoms in total. The zero-order chi connectivity index (χ0) is 11.6. The zero-order valence-electron chi connectivity index (χ0n) is 7.25. The Hall–Kier alpha value is -1.70. The van der Waals surface area contributed by atoms with Crippen molar-refractivity contribution in [3.63, 3.8) is 0 Å². The van der Waals surface area contributed by atoms with Crippen LogP contribution in [0, 0.1) is 0 Å². The fourth-order valence-electron chi connectivity index (χ4n) is 0.889. The molecule has 1 heterocycles. The average molecular weight is 221 g/mol. The molecule has 82 valence electrons. The summed E-state index contributed by atoms with van der Waals surface area (Å²) in [4.78, 5) is 16.9. The summed E-state index contributed by atoms with van der Waals surface area (Å²) >= 11 is 0. The normalized spacial score (nSPS) is 11.5. The molecule has 15 heavy (non-hydrogen) atoms. The highest BCUT2D eigenvalue weighted by Gasteiger charge is 2.37. The van der Waals surface area contributed by atoms with Crippen molar-refractivity contribution in [1.29, 1.82) is 0 Å². The number of carboxylic acid groups (broad SMARTS) is 1. The maximum absolute atomic E-state index is 12.3. The minimum absolute atomic E-state index is 0.257. The van der Waals surface area contributed by atoms with E-state index in [0.29, 0.717) is 6.20 Å². The van der Waals surface area contributed by atoms with E-state index in [1.165, 1.54) is 0 Å². The Morgan fingerprint density at radius 2 is 2.13 bits per heavy atom. The van der Waals surface area contributed by atoms with Crippen LogP contribution in [0.2, 0.25) is 0 Å². The highest BCUT2D eigenvalue weighted by atomic mass is 19.4. The van der Waals surface area contributed by atoms with Crippen LogP contribution in [0.1, 0.15) is 21.9 Å². The molecule has 1 aromatic rings. The van der Waals surface area contributed by atoms with Crippen molar-refractivity contribution in [2.24, 2.45) is 5.73 Å². The van der Waals surface area contributed by atoms with Gasteiger partial charge in [-0.3, -0.25) is 0 Å². The van der Waals surface area contributed by atoms with Crippen LogP contribution in [0.5, 0.6) is 0 Å². The first-order chi connectivity index (χ1) is 6.86. The maximum Gasteiger partial charge on any atom is 0.434 e. The van der Waals surface area contributed by atoms with E-state index in [9.17, 15) is 18.0 Å². The summed E-state index contributed by atoms with van der Waals surface area (Å²) in [5.74, 6) is -1.99. The van der Waals surface area contributed by atoms with Crippen LogP contribution < -0.4 is 5.73 Å². The number of nitrogens with two attached hydrogens (primary N) is 1. The van der Waals surface area contributed by atoms with Gasteiger partial charge < -0.3 is 10.8 Å². The van der Waals surface area contributed by atoms with E-state index in [1.54, 1.807) is 0 Å². The van der Waals surface area contributed by atoms with Crippen molar-refractivity contribution >= 4 is 5.97 Å². The highest BCUT2D eigenvalue weighted by molar-refractivity contribution is 5.88. The number of halogens is 3. The topological polar surface area (TPSA) is 89.1 Å². The first-order valence-corrected chi connectivity index (χ1v) is 3.72. The van der Waals surface area contributed by atoms with E-state index in [1.807, 2.05) is 0 Å². The van der Waals surface area contributed by atoms with Gasteiger partial charge in [0.15, 0.2) is 5.69 Å².